The van der Waals surface area contributed by atoms with Crippen LogP contribution in [0.3, 0.4) is 0 Å². The summed E-state index contributed by atoms with van der Waals surface area (Å²) < 4.78 is 7.45. The van der Waals surface area contributed by atoms with Crippen LogP contribution < -0.4 is 10.5 Å². The molecule has 3 heteroatoms. The number of ether oxygens (including phenoxy) is 1. The predicted octanol–water partition coefficient (Wildman–Crippen LogP) is 2.04. The molecule has 1 unspecified atom stereocenters. The van der Waals surface area contributed by atoms with Crippen LogP contribution >= 0.6 is 0 Å². The highest BCUT2D eigenvalue weighted by molar-refractivity contribution is 5.36. The molecule has 0 aliphatic carbocycles. The van der Waals surface area contributed by atoms with E-state index >= 15 is 0 Å². The molecular weight excluding hydrogens is 200 g/mol. The highest BCUT2D eigenvalue weighted by Crippen LogP contribution is 2.26. The van der Waals surface area contributed by atoms with Crippen LogP contribution in [0.25, 0.3) is 0 Å². The van der Waals surface area contributed by atoms with Gasteiger partial charge in [0.15, 0.2) is 0 Å². The van der Waals surface area contributed by atoms with E-state index in [9.17, 15) is 0 Å². The first-order valence-electron chi connectivity index (χ1n) is 5.32. The van der Waals surface area contributed by atoms with Crippen LogP contribution in [0.1, 0.15) is 11.6 Å². The molecule has 84 valence electrons. The molecular formula is C13H16N2O. The first-order chi connectivity index (χ1) is 7.86. The van der Waals surface area contributed by atoms with Crippen LogP contribution in [0.2, 0.25) is 0 Å². The van der Waals surface area contributed by atoms with E-state index in [4.69, 9.17) is 10.5 Å². The van der Waals surface area contributed by atoms with E-state index in [1.807, 2.05) is 42.7 Å². The molecule has 0 radical (unpaired) electrons. The first kappa shape index (κ1) is 10.8. The lowest BCUT2D eigenvalue weighted by atomic mass is 10.1. The first-order valence-corrected chi connectivity index (χ1v) is 5.32. The van der Waals surface area contributed by atoms with Gasteiger partial charge in [-0.2, -0.15) is 0 Å². The van der Waals surface area contributed by atoms with Gasteiger partial charge in [0.25, 0.3) is 0 Å². The number of para-hydroxylation sites is 1. The Hall–Kier alpha value is -1.74. The Labute approximate surface area is 95.5 Å². The molecule has 0 bridgehead atoms. The molecule has 2 aromatic rings. The van der Waals surface area contributed by atoms with Crippen molar-refractivity contribution in [3.8, 4) is 5.75 Å². The number of nitrogens with zero attached hydrogens (tertiary/aromatic N) is 1. The zero-order valence-corrected chi connectivity index (χ0v) is 9.34. The van der Waals surface area contributed by atoms with Gasteiger partial charge in [0.05, 0.1) is 13.2 Å². The number of nitrogens with two attached hydrogens (primary N) is 1. The second kappa shape index (κ2) is 4.86. The molecule has 1 heterocycles. The van der Waals surface area contributed by atoms with Crippen LogP contribution in [0.4, 0.5) is 0 Å². The van der Waals surface area contributed by atoms with Gasteiger partial charge in [-0.1, -0.05) is 18.2 Å². The molecule has 0 aliphatic rings. The van der Waals surface area contributed by atoms with Crippen LogP contribution in [0.15, 0.2) is 48.8 Å². The van der Waals surface area contributed by atoms with Crippen molar-refractivity contribution in [1.29, 1.82) is 0 Å². The minimum atomic E-state index is 0.131. The molecule has 2 N–H and O–H groups in total. The molecule has 0 aliphatic heterocycles. The summed E-state index contributed by atoms with van der Waals surface area (Å²) in [5.41, 5.74) is 6.96. The Balaban J connectivity index is 2.41. The second-order valence-corrected chi connectivity index (χ2v) is 3.62. The Morgan fingerprint density at radius 1 is 1.19 bits per heavy atom. The third kappa shape index (κ3) is 1.95. The maximum absolute atomic E-state index is 5.84. The van der Waals surface area contributed by atoms with E-state index in [0.717, 1.165) is 11.3 Å². The van der Waals surface area contributed by atoms with Crippen LogP contribution in [0, 0.1) is 0 Å². The fourth-order valence-electron chi connectivity index (χ4n) is 1.91. The molecule has 0 saturated carbocycles. The van der Waals surface area contributed by atoms with Crippen molar-refractivity contribution in [2.75, 3.05) is 13.7 Å². The number of benzene rings is 1. The molecule has 1 aromatic heterocycles. The fourth-order valence-corrected chi connectivity index (χ4v) is 1.91. The summed E-state index contributed by atoms with van der Waals surface area (Å²) in [5, 5.41) is 0. The third-order valence-corrected chi connectivity index (χ3v) is 2.71. The van der Waals surface area contributed by atoms with Crippen molar-refractivity contribution < 1.29 is 4.74 Å². The summed E-state index contributed by atoms with van der Waals surface area (Å²) in [6.45, 7) is 0.551. The van der Waals surface area contributed by atoms with Crippen molar-refractivity contribution in [2.24, 2.45) is 5.73 Å². The summed E-state index contributed by atoms with van der Waals surface area (Å²) in [7, 11) is 1.68. The molecule has 1 atom stereocenters. The number of aromatic nitrogens is 1. The minimum absolute atomic E-state index is 0.131. The highest BCUT2D eigenvalue weighted by Gasteiger charge is 2.14. The maximum atomic E-state index is 5.84. The molecule has 0 spiro atoms. The summed E-state index contributed by atoms with van der Waals surface area (Å²) in [6, 6.07) is 12.1. The molecule has 0 saturated heterocycles. The lowest BCUT2D eigenvalue weighted by Gasteiger charge is -2.19. The topological polar surface area (TPSA) is 40.2 Å². The van der Waals surface area contributed by atoms with Crippen molar-refractivity contribution in [3.63, 3.8) is 0 Å². The molecule has 3 nitrogen and oxygen atoms in total. The highest BCUT2D eigenvalue weighted by atomic mass is 16.5. The fraction of sp³-hybridized carbons (Fsp3) is 0.231. The van der Waals surface area contributed by atoms with E-state index in [1.54, 1.807) is 7.11 Å². The zero-order valence-electron chi connectivity index (χ0n) is 9.34. The lowest BCUT2D eigenvalue weighted by Crippen LogP contribution is -2.19. The van der Waals surface area contributed by atoms with Crippen LogP contribution in [-0.4, -0.2) is 18.2 Å². The molecule has 1 aromatic carbocycles. The summed E-state index contributed by atoms with van der Waals surface area (Å²) in [5.74, 6) is 0.881. The van der Waals surface area contributed by atoms with Gasteiger partial charge in [-0.3, -0.25) is 0 Å². The number of hydrogen-bond acceptors (Lipinski definition) is 2. The summed E-state index contributed by atoms with van der Waals surface area (Å²) >= 11 is 0. The SMILES string of the molecule is COc1ccccc1C(CN)n1cccc1. The molecule has 0 amide bonds. The van der Waals surface area contributed by atoms with Crippen molar-refractivity contribution in [2.45, 2.75) is 6.04 Å². The lowest BCUT2D eigenvalue weighted by molar-refractivity contribution is 0.402. The van der Waals surface area contributed by atoms with Crippen molar-refractivity contribution in [3.05, 3.63) is 54.4 Å². The van der Waals surface area contributed by atoms with Crippen molar-refractivity contribution in [1.82, 2.24) is 4.57 Å². The average molecular weight is 216 g/mol. The average Bonchev–Trinajstić information content (AvgIpc) is 2.84. The maximum Gasteiger partial charge on any atom is 0.124 e. The van der Waals surface area contributed by atoms with Gasteiger partial charge in [0.1, 0.15) is 5.75 Å². The third-order valence-electron chi connectivity index (χ3n) is 2.71. The minimum Gasteiger partial charge on any atom is -0.496 e. The molecule has 16 heavy (non-hydrogen) atoms. The van der Waals surface area contributed by atoms with E-state index in [2.05, 4.69) is 10.6 Å². The summed E-state index contributed by atoms with van der Waals surface area (Å²) in [4.78, 5) is 0. The number of rotatable bonds is 4. The smallest absolute Gasteiger partial charge is 0.124 e. The van der Waals surface area contributed by atoms with E-state index in [-0.39, 0.29) is 6.04 Å². The van der Waals surface area contributed by atoms with Crippen LogP contribution in [-0.2, 0) is 0 Å². The molecule has 0 fully saturated rings. The second-order valence-electron chi connectivity index (χ2n) is 3.62. The van der Waals surface area contributed by atoms with Crippen molar-refractivity contribution >= 4 is 0 Å². The van der Waals surface area contributed by atoms with Gasteiger partial charge in [0.2, 0.25) is 0 Å². The number of hydrogen-bond donors (Lipinski definition) is 1. The van der Waals surface area contributed by atoms with E-state index in [1.165, 1.54) is 0 Å². The van der Waals surface area contributed by atoms with Gasteiger partial charge < -0.3 is 15.0 Å². The van der Waals surface area contributed by atoms with E-state index in [0.29, 0.717) is 6.54 Å². The quantitative estimate of drug-likeness (QED) is 0.849. The van der Waals surface area contributed by atoms with Gasteiger partial charge in [-0.05, 0) is 18.2 Å². The Bertz CT molecular complexity index is 437. The van der Waals surface area contributed by atoms with E-state index < -0.39 is 0 Å². The monoisotopic (exact) mass is 216 g/mol. The standard InChI is InChI=1S/C13H16N2O/c1-16-13-7-3-2-6-11(13)12(10-14)15-8-4-5-9-15/h2-9,12H,10,14H2,1H3. The van der Waals surface area contributed by atoms with Gasteiger partial charge >= 0.3 is 0 Å². The number of methoxy groups -OCH3 is 1. The van der Waals surface area contributed by atoms with Gasteiger partial charge in [-0.25, -0.2) is 0 Å². The Morgan fingerprint density at radius 3 is 2.50 bits per heavy atom. The summed E-state index contributed by atoms with van der Waals surface area (Å²) in [6.07, 6.45) is 4.04. The Morgan fingerprint density at radius 2 is 1.88 bits per heavy atom. The van der Waals surface area contributed by atoms with Gasteiger partial charge in [0, 0.05) is 24.5 Å². The van der Waals surface area contributed by atoms with Gasteiger partial charge in [-0.15, -0.1) is 0 Å². The van der Waals surface area contributed by atoms with Crippen LogP contribution in [0.5, 0.6) is 5.75 Å². The normalized spacial score (nSPS) is 12.4. The Kier molecular flexibility index (Phi) is 3.27. The predicted molar refractivity (Wildman–Crippen MR) is 64.6 cm³/mol. The zero-order chi connectivity index (χ0) is 11.4. The molecule has 2 rings (SSSR count). The largest absolute Gasteiger partial charge is 0.496 e.